The largest absolute Gasteiger partial charge is 0.324 e. The van der Waals surface area contributed by atoms with E-state index in [0.717, 1.165) is 18.4 Å². The monoisotopic (exact) mass is 219 g/mol. The van der Waals surface area contributed by atoms with Gasteiger partial charge in [-0.3, -0.25) is 4.79 Å². The highest BCUT2D eigenvalue weighted by molar-refractivity contribution is 5.81. The first-order valence-electron chi connectivity index (χ1n) is 5.98. The molecule has 0 radical (unpaired) electrons. The Morgan fingerprint density at radius 1 is 1.31 bits per heavy atom. The van der Waals surface area contributed by atoms with E-state index in [-0.39, 0.29) is 17.7 Å². The molecule has 88 valence electrons. The van der Waals surface area contributed by atoms with Gasteiger partial charge in [-0.25, -0.2) is 0 Å². The number of benzene rings is 1. The van der Waals surface area contributed by atoms with Crippen molar-refractivity contribution in [3.8, 4) is 0 Å². The van der Waals surface area contributed by atoms with E-state index >= 15 is 0 Å². The zero-order valence-electron chi connectivity index (χ0n) is 10.1. The Balaban J connectivity index is 2.51. The lowest BCUT2D eigenvalue weighted by atomic mass is 9.93. The Morgan fingerprint density at radius 2 is 1.94 bits per heavy atom. The van der Waals surface area contributed by atoms with E-state index in [1.165, 1.54) is 0 Å². The zero-order valence-corrected chi connectivity index (χ0v) is 10.1. The Kier molecular flexibility index (Phi) is 5.20. The van der Waals surface area contributed by atoms with Gasteiger partial charge in [0.2, 0.25) is 0 Å². The first-order chi connectivity index (χ1) is 7.65. The van der Waals surface area contributed by atoms with E-state index in [1.807, 2.05) is 37.3 Å². The summed E-state index contributed by atoms with van der Waals surface area (Å²) in [5.41, 5.74) is 7.05. The fourth-order valence-electron chi connectivity index (χ4n) is 1.83. The molecule has 2 N–H and O–H groups in total. The van der Waals surface area contributed by atoms with Gasteiger partial charge in [-0.15, -0.1) is 0 Å². The van der Waals surface area contributed by atoms with Crippen LogP contribution in [0, 0.1) is 5.92 Å². The van der Waals surface area contributed by atoms with E-state index in [1.54, 1.807) is 0 Å². The maximum Gasteiger partial charge on any atom is 0.137 e. The van der Waals surface area contributed by atoms with E-state index in [2.05, 4.69) is 6.92 Å². The molecular formula is C14H21NO. The molecule has 0 amide bonds. The number of Topliss-reactive ketones (excluding diaryl/α,β-unsaturated/α-hetero) is 1. The summed E-state index contributed by atoms with van der Waals surface area (Å²) in [7, 11) is 0. The van der Waals surface area contributed by atoms with Gasteiger partial charge in [-0.05, 0) is 12.0 Å². The van der Waals surface area contributed by atoms with Crippen LogP contribution in [0.4, 0.5) is 0 Å². The molecule has 0 aliphatic carbocycles. The predicted molar refractivity (Wildman–Crippen MR) is 67.1 cm³/mol. The molecule has 0 saturated carbocycles. The normalized spacial score (nSPS) is 14.4. The van der Waals surface area contributed by atoms with E-state index in [4.69, 9.17) is 5.73 Å². The maximum atomic E-state index is 11.8. The second-order valence-electron chi connectivity index (χ2n) is 4.38. The zero-order chi connectivity index (χ0) is 12.0. The second kappa shape index (κ2) is 6.44. The molecule has 0 spiro atoms. The van der Waals surface area contributed by atoms with E-state index in [9.17, 15) is 4.79 Å². The number of nitrogens with two attached hydrogens (primary N) is 1. The van der Waals surface area contributed by atoms with Crippen LogP contribution in [0.25, 0.3) is 0 Å². The summed E-state index contributed by atoms with van der Waals surface area (Å²) in [6.07, 6.45) is 2.46. The Morgan fingerprint density at radius 3 is 2.50 bits per heavy atom. The van der Waals surface area contributed by atoms with Gasteiger partial charge in [-0.1, -0.05) is 50.6 Å². The molecule has 0 aliphatic rings. The highest BCUT2D eigenvalue weighted by Gasteiger charge is 2.16. The van der Waals surface area contributed by atoms with E-state index in [0.29, 0.717) is 6.42 Å². The van der Waals surface area contributed by atoms with Crippen molar-refractivity contribution in [2.75, 3.05) is 0 Å². The van der Waals surface area contributed by atoms with Gasteiger partial charge >= 0.3 is 0 Å². The first-order valence-corrected chi connectivity index (χ1v) is 5.98. The van der Waals surface area contributed by atoms with Crippen molar-refractivity contribution in [1.29, 1.82) is 0 Å². The molecule has 1 aromatic carbocycles. The Bertz CT molecular complexity index is 321. The van der Waals surface area contributed by atoms with Crippen molar-refractivity contribution >= 4 is 5.78 Å². The van der Waals surface area contributed by atoms with Crippen molar-refractivity contribution in [3.05, 3.63) is 35.9 Å². The lowest BCUT2D eigenvalue weighted by Crippen LogP contribution is -2.19. The summed E-state index contributed by atoms with van der Waals surface area (Å²) in [4.78, 5) is 11.8. The van der Waals surface area contributed by atoms with Crippen LogP contribution in [0.2, 0.25) is 0 Å². The van der Waals surface area contributed by atoms with Gasteiger partial charge in [0.05, 0.1) is 0 Å². The number of rotatable bonds is 6. The van der Waals surface area contributed by atoms with Crippen LogP contribution in [0.15, 0.2) is 30.3 Å². The van der Waals surface area contributed by atoms with Gasteiger partial charge in [0.15, 0.2) is 0 Å². The molecule has 0 bridgehead atoms. The van der Waals surface area contributed by atoms with Gasteiger partial charge in [0.25, 0.3) is 0 Å². The SMILES string of the molecule is CCCC(C)C(=O)CC(N)c1ccccc1. The Labute approximate surface area is 97.9 Å². The molecular weight excluding hydrogens is 198 g/mol. The summed E-state index contributed by atoms with van der Waals surface area (Å²) in [6.45, 7) is 4.09. The van der Waals surface area contributed by atoms with Crippen LogP contribution in [0.3, 0.4) is 0 Å². The molecule has 16 heavy (non-hydrogen) atoms. The summed E-state index contributed by atoms with van der Waals surface area (Å²) in [6, 6.07) is 9.65. The molecule has 0 saturated heterocycles. The smallest absolute Gasteiger partial charge is 0.137 e. The minimum Gasteiger partial charge on any atom is -0.324 e. The minimum atomic E-state index is -0.159. The number of carbonyl (C=O) groups excluding carboxylic acids is 1. The molecule has 2 nitrogen and oxygen atoms in total. The fourth-order valence-corrected chi connectivity index (χ4v) is 1.83. The Hall–Kier alpha value is -1.15. The molecule has 1 rings (SSSR count). The summed E-state index contributed by atoms with van der Waals surface area (Å²) in [5, 5.41) is 0. The minimum absolute atomic E-state index is 0.139. The van der Waals surface area contributed by atoms with Crippen LogP contribution in [-0.2, 0) is 4.79 Å². The summed E-state index contributed by atoms with van der Waals surface area (Å²) < 4.78 is 0. The van der Waals surface area contributed by atoms with Gasteiger partial charge in [0, 0.05) is 18.4 Å². The molecule has 2 atom stereocenters. The van der Waals surface area contributed by atoms with Crippen LogP contribution in [0.5, 0.6) is 0 Å². The van der Waals surface area contributed by atoms with E-state index < -0.39 is 0 Å². The maximum absolute atomic E-state index is 11.8. The molecule has 0 aliphatic heterocycles. The van der Waals surface area contributed by atoms with Gasteiger partial charge in [-0.2, -0.15) is 0 Å². The average Bonchev–Trinajstić information content (AvgIpc) is 2.30. The van der Waals surface area contributed by atoms with Crippen LogP contribution < -0.4 is 5.73 Å². The third-order valence-electron chi connectivity index (χ3n) is 2.92. The third kappa shape index (κ3) is 3.78. The third-order valence-corrected chi connectivity index (χ3v) is 2.92. The van der Waals surface area contributed by atoms with Crippen molar-refractivity contribution < 1.29 is 4.79 Å². The number of ketones is 1. The van der Waals surface area contributed by atoms with Gasteiger partial charge in [0.1, 0.15) is 5.78 Å². The van der Waals surface area contributed by atoms with Crippen molar-refractivity contribution in [3.63, 3.8) is 0 Å². The van der Waals surface area contributed by atoms with Crippen molar-refractivity contribution in [2.45, 2.75) is 39.2 Å². The lowest BCUT2D eigenvalue weighted by molar-refractivity contribution is -0.122. The topological polar surface area (TPSA) is 43.1 Å². The van der Waals surface area contributed by atoms with Crippen LogP contribution in [-0.4, -0.2) is 5.78 Å². The second-order valence-corrected chi connectivity index (χ2v) is 4.38. The standard InChI is InChI=1S/C14H21NO/c1-3-7-11(2)14(16)10-13(15)12-8-5-4-6-9-12/h4-6,8-9,11,13H,3,7,10,15H2,1-2H3. The molecule has 0 heterocycles. The lowest BCUT2D eigenvalue weighted by Gasteiger charge is -2.14. The average molecular weight is 219 g/mol. The van der Waals surface area contributed by atoms with Crippen molar-refractivity contribution in [2.24, 2.45) is 11.7 Å². The quantitative estimate of drug-likeness (QED) is 0.799. The molecule has 0 fully saturated rings. The molecule has 1 aromatic rings. The number of carbonyl (C=O) groups is 1. The summed E-state index contributed by atoms with van der Waals surface area (Å²) in [5.74, 6) is 0.415. The highest BCUT2D eigenvalue weighted by atomic mass is 16.1. The molecule has 0 aromatic heterocycles. The molecule has 2 heteroatoms. The fraction of sp³-hybridized carbons (Fsp3) is 0.500. The number of hydrogen-bond acceptors (Lipinski definition) is 2. The first kappa shape index (κ1) is 12.9. The highest BCUT2D eigenvalue weighted by Crippen LogP contribution is 2.18. The van der Waals surface area contributed by atoms with Crippen LogP contribution in [0.1, 0.15) is 44.7 Å². The molecule has 2 unspecified atom stereocenters. The summed E-state index contributed by atoms with van der Waals surface area (Å²) >= 11 is 0. The number of hydrogen-bond donors (Lipinski definition) is 1. The van der Waals surface area contributed by atoms with Crippen LogP contribution >= 0.6 is 0 Å². The predicted octanol–water partition coefficient (Wildman–Crippen LogP) is 3.08. The van der Waals surface area contributed by atoms with Crippen molar-refractivity contribution in [1.82, 2.24) is 0 Å². The van der Waals surface area contributed by atoms with Gasteiger partial charge < -0.3 is 5.73 Å².